The third kappa shape index (κ3) is 5.38. The molecule has 0 aliphatic carbocycles. The maximum atomic E-state index is 11.7. The molecule has 2 heteroatoms. The third-order valence-electron chi connectivity index (χ3n) is 2.90. The van der Waals surface area contributed by atoms with E-state index in [1.165, 1.54) is 0 Å². The molecule has 0 saturated heterocycles. The lowest BCUT2D eigenvalue weighted by Gasteiger charge is -2.21. The van der Waals surface area contributed by atoms with Crippen molar-refractivity contribution in [3.8, 4) is 0 Å². The first-order chi connectivity index (χ1) is 6.37. The van der Waals surface area contributed by atoms with Gasteiger partial charge in [0.05, 0.1) is 0 Å². The van der Waals surface area contributed by atoms with Gasteiger partial charge in [-0.1, -0.05) is 41.5 Å². The molecule has 0 aliphatic rings. The van der Waals surface area contributed by atoms with Crippen molar-refractivity contribution in [3.05, 3.63) is 0 Å². The predicted molar refractivity (Wildman–Crippen MR) is 61.2 cm³/mol. The molecule has 2 atom stereocenters. The largest absolute Gasteiger partial charge is 0.400 e. The SMILES string of the molecule is CC(C)C(C)C(=O)C(C)C(C)C.CO. The second-order valence-electron chi connectivity index (χ2n) is 4.47. The van der Waals surface area contributed by atoms with Crippen LogP contribution in [0, 0.1) is 23.7 Å². The van der Waals surface area contributed by atoms with Crippen molar-refractivity contribution < 1.29 is 9.90 Å². The second-order valence-corrected chi connectivity index (χ2v) is 4.47. The fourth-order valence-electron chi connectivity index (χ4n) is 1.07. The second kappa shape index (κ2) is 7.98. The number of carbonyl (C=O) groups is 1. The van der Waals surface area contributed by atoms with Crippen molar-refractivity contribution in [1.29, 1.82) is 0 Å². The number of hydrogen-bond acceptors (Lipinski definition) is 2. The normalized spacial score (nSPS) is 14.7. The summed E-state index contributed by atoms with van der Waals surface area (Å²) < 4.78 is 0. The van der Waals surface area contributed by atoms with Crippen LogP contribution in [0.25, 0.3) is 0 Å². The Bertz CT molecular complexity index is 134. The van der Waals surface area contributed by atoms with Crippen molar-refractivity contribution >= 4 is 5.78 Å². The van der Waals surface area contributed by atoms with Gasteiger partial charge < -0.3 is 5.11 Å². The monoisotopic (exact) mass is 202 g/mol. The van der Waals surface area contributed by atoms with Gasteiger partial charge in [0.1, 0.15) is 5.78 Å². The lowest BCUT2D eigenvalue weighted by molar-refractivity contribution is -0.128. The van der Waals surface area contributed by atoms with Crippen molar-refractivity contribution in [2.45, 2.75) is 41.5 Å². The van der Waals surface area contributed by atoms with Crippen molar-refractivity contribution in [2.24, 2.45) is 23.7 Å². The Balaban J connectivity index is 0. The summed E-state index contributed by atoms with van der Waals surface area (Å²) in [7, 11) is 1.00. The van der Waals surface area contributed by atoms with E-state index in [-0.39, 0.29) is 11.8 Å². The minimum Gasteiger partial charge on any atom is -0.400 e. The van der Waals surface area contributed by atoms with Crippen LogP contribution in [0.4, 0.5) is 0 Å². The van der Waals surface area contributed by atoms with Gasteiger partial charge in [-0.25, -0.2) is 0 Å². The number of aliphatic hydroxyl groups is 1. The highest BCUT2D eigenvalue weighted by Crippen LogP contribution is 2.20. The predicted octanol–water partition coefficient (Wildman–Crippen LogP) is 2.75. The molecule has 0 rings (SSSR count). The molecule has 0 fully saturated rings. The molecule has 0 spiro atoms. The highest BCUT2D eigenvalue weighted by atomic mass is 16.2. The van der Waals surface area contributed by atoms with Gasteiger partial charge in [0.2, 0.25) is 0 Å². The van der Waals surface area contributed by atoms with E-state index in [9.17, 15) is 4.79 Å². The zero-order chi connectivity index (χ0) is 11.9. The first-order valence-corrected chi connectivity index (χ1v) is 5.36. The van der Waals surface area contributed by atoms with Crippen LogP contribution < -0.4 is 0 Å². The summed E-state index contributed by atoms with van der Waals surface area (Å²) in [5.74, 6) is 1.78. The summed E-state index contributed by atoms with van der Waals surface area (Å²) in [4.78, 5) is 11.7. The van der Waals surface area contributed by atoms with Gasteiger partial charge in [0, 0.05) is 18.9 Å². The van der Waals surface area contributed by atoms with Crippen molar-refractivity contribution in [2.75, 3.05) is 7.11 Å². The molecule has 0 aromatic heterocycles. The molecule has 86 valence electrons. The average Bonchev–Trinajstić information content (AvgIpc) is 2.17. The molecular formula is C12H26O2. The number of carbonyl (C=O) groups excluding carboxylic acids is 1. The summed E-state index contributed by atoms with van der Waals surface area (Å²) in [6, 6.07) is 0. The smallest absolute Gasteiger partial charge is 0.138 e. The molecule has 0 aromatic carbocycles. The quantitative estimate of drug-likeness (QED) is 0.761. The number of ketones is 1. The molecule has 2 nitrogen and oxygen atoms in total. The van der Waals surface area contributed by atoms with E-state index in [2.05, 4.69) is 27.7 Å². The topological polar surface area (TPSA) is 37.3 Å². The summed E-state index contributed by atoms with van der Waals surface area (Å²) in [5.41, 5.74) is 0. The number of Topliss-reactive ketones (excluding diaryl/α,β-unsaturated/α-hetero) is 1. The summed E-state index contributed by atoms with van der Waals surface area (Å²) >= 11 is 0. The Morgan fingerprint density at radius 1 is 0.786 bits per heavy atom. The number of hydrogen-bond donors (Lipinski definition) is 1. The average molecular weight is 202 g/mol. The highest BCUT2D eigenvalue weighted by molar-refractivity contribution is 5.83. The maximum absolute atomic E-state index is 11.7. The van der Waals surface area contributed by atoms with Crippen LogP contribution in [-0.2, 0) is 4.79 Å². The standard InChI is InChI=1S/C11H22O.CH4O/c1-7(2)9(5)11(12)10(6)8(3)4;1-2/h7-10H,1-6H3;2H,1H3. The lowest BCUT2D eigenvalue weighted by Crippen LogP contribution is -2.26. The van der Waals surface area contributed by atoms with Gasteiger partial charge in [-0.15, -0.1) is 0 Å². The lowest BCUT2D eigenvalue weighted by atomic mass is 9.82. The van der Waals surface area contributed by atoms with Gasteiger partial charge in [-0.05, 0) is 11.8 Å². The molecule has 0 aromatic rings. The molecule has 0 bridgehead atoms. The van der Waals surface area contributed by atoms with Gasteiger partial charge in [0.15, 0.2) is 0 Å². The van der Waals surface area contributed by atoms with Gasteiger partial charge >= 0.3 is 0 Å². The highest BCUT2D eigenvalue weighted by Gasteiger charge is 2.24. The van der Waals surface area contributed by atoms with Crippen LogP contribution in [0.15, 0.2) is 0 Å². The van der Waals surface area contributed by atoms with Gasteiger partial charge in [0.25, 0.3) is 0 Å². The Morgan fingerprint density at radius 3 is 1.14 bits per heavy atom. The van der Waals surface area contributed by atoms with Crippen LogP contribution in [0.3, 0.4) is 0 Å². The molecule has 14 heavy (non-hydrogen) atoms. The first kappa shape index (κ1) is 16.1. The maximum Gasteiger partial charge on any atom is 0.138 e. The molecule has 0 aliphatic heterocycles. The van der Waals surface area contributed by atoms with E-state index in [0.29, 0.717) is 17.6 Å². The van der Waals surface area contributed by atoms with Crippen molar-refractivity contribution in [1.82, 2.24) is 0 Å². The Kier molecular flexibility index (Phi) is 9.16. The summed E-state index contributed by atoms with van der Waals surface area (Å²) in [6.45, 7) is 12.5. The Labute approximate surface area is 88.7 Å². The molecule has 0 radical (unpaired) electrons. The van der Waals surface area contributed by atoms with E-state index >= 15 is 0 Å². The van der Waals surface area contributed by atoms with Crippen LogP contribution in [0.5, 0.6) is 0 Å². The molecule has 0 saturated carbocycles. The van der Waals surface area contributed by atoms with E-state index in [1.54, 1.807) is 0 Å². The fourth-order valence-corrected chi connectivity index (χ4v) is 1.07. The first-order valence-electron chi connectivity index (χ1n) is 5.36. The van der Waals surface area contributed by atoms with Gasteiger partial charge in [-0.2, -0.15) is 0 Å². The van der Waals surface area contributed by atoms with E-state index < -0.39 is 0 Å². The zero-order valence-corrected chi connectivity index (χ0v) is 10.7. The fraction of sp³-hybridized carbons (Fsp3) is 0.917. The minimum absolute atomic E-state index is 0.211. The van der Waals surface area contributed by atoms with Crippen LogP contribution in [0.1, 0.15) is 41.5 Å². The summed E-state index contributed by atoms with van der Waals surface area (Å²) in [5, 5.41) is 7.00. The van der Waals surface area contributed by atoms with Crippen LogP contribution >= 0.6 is 0 Å². The Hall–Kier alpha value is -0.370. The summed E-state index contributed by atoms with van der Waals surface area (Å²) in [6.07, 6.45) is 0. The van der Waals surface area contributed by atoms with Crippen LogP contribution in [0.2, 0.25) is 0 Å². The van der Waals surface area contributed by atoms with Gasteiger partial charge in [-0.3, -0.25) is 4.79 Å². The minimum atomic E-state index is 0.211. The third-order valence-corrected chi connectivity index (χ3v) is 2.90. The zero-order valence-electron chi connectivity index (χ0n) is 10.7. The Morgan fingerprint density at radius 2 is 1.00 bits per heavy atom. The molecule has 0 heterocycles. The number of rotatable bonds is 4. The molecule has 2 unspecified atom stereocenters. The van der Waals surface area contributed by atoms with E-state index in [1.807, 2.05) is 13.8 Å². The van der Waals surface area contributed by atoms with E-state index in [4.69, 9.17) is 5.11 Å². The van der Waals surface area contributed by atoms with E-state index in [0.717, 1.165) is 7.11 Å². The molecule has 1 N–H and O–H groups in total. The van der Waals surface area contributed by atoms with Crippen molar-refractivity contribution in [3.63, 3.8) is 0 Å². The molecule has 0 amide bonds. The number of aliphatic hydroxyl groups excluding tert-OH is 1. The molecular weight excluding hydrogens is 176 g/mol. The van der Waals surface area contributed by atoms with Crippen LogP contribution in [-0.4, -0.2) is 18.0 Å².